The number of benzene rings is 1. The van der Waals surface area contributed by atoms with Crippen molar-refractivity contribution in [3.05, 3.63) is 35.4 Å². The fraction of sp³-hybridized carbons (Fsp3) is 0.556. The van der Waals surface area contributed by atoms with Crippen molar-refractivity contribution in [2.75, 3.05) is 33.3 Å². The number of hydrogen-bond donors (Lipinski definition) is 1. The summed E-state index contributed by atoms with van der Waals surface area (Å²) in [6.07, 6.45) is 1.80. The van der Waals surface area contributed by atoms with Gasteiger partial charge in [-0.05, 0) is 49.9 Å². The second-order valence-corrected chi connectivity index (χ2v) is 5.97. The Bertz CT molecular complexity index is 614. The van der Waals surface area contributed by atoms with Crippen LogP contribution in [0.15, 0.2) is 23.2 Å². The Kier molecular flexibility index (Phi) is 7.16. The van der Waals surface area contributed by atoms with Crippen LogP contribution in [0.25, 0.3) is 0 Å². The van der Waals surface area contributed by atoms with E-state index in [2.05, 4.69) is 15.2 Å². The van der Waals surface area contributed by atoms with E-state index in [9.17, 15) is 13.6 Å². The van der Waals surface area contributed by atoms with Crippen molar-refractivity contribution in [3.8, 4) is 0 Å². The van der Waals surface area contributed by atoms with E-state index in [0.29, 0.717) is 44.2 Å². The smallest absolute Gasteiger partial charge is 0.309 e. The van der Waals surface area contributed by atoms with Crippen molar-refractivity contribution in [1.29, 1.82) is 0 Å². The van der Waals surface area contributed by atoms with Crippen LogP contribution in [0.1, 0.15) is 25.3 Å². The van der Waals surface area contributed by atoms with Crippen molar-refractivity contribution >= 4 is 11.9 Å². The molecular weight excluding hydrogens is 328 g/mol. The zero-order valence-electron chi connectivity index (χ0n) is 14.7. The number of piperidine rings is 1. The zero-order chi connectivity index (χ0) is 18.2. The molecule has 1 heterocycles. The molecule has 0 atom stereocenters. The van der Waals surface area contributed by atoms with Crippen molar-refractivity contribution in [2.24, 2.45) is 10.9 Å². The molecule has 0 radical (unpaired) electrons. The molecule has 0 aliphatic carbocycles. The fourth-order valence-corrected chi connectivity index (χ4v) is 2.96. The number of rotatable bonds is 5. The van der Waals surface area contributed by atoms with E-state index in [4.69, 9.17) is 4.74 Å². The molecule has 7 heteroatoms. The Labute approximate surface area is 147 Å². The lowest BCUT2D eigenvalue weighted by Gasteiger charge is -2.33. The number of hydrogen-bond acceptors (Lipinski definition) is 3. The van der Waals surface area contributed by atoms with Gasteiger partial charge in [-0.2, -0.15) is 0 Å². The summed E-state index contributed by atoms with van der Waals surface area (Å²) in [6.45, 7) is 4.07. The molecule has 5 nitrogen and oxygen atoms in total. The van der Waals surface area contributed by atoms with E-state index < -0.39 is 11.6 Å². The van der Waals surface area contributed by atoms with Crippen LogP contribution < -0.4 is 5.32 Å². The number of ether oxygens (including phenoxy) is 1. The highest BCUT2D eigenvalue weighted by atomic mass is 19.1. The SMILES string of the molecule is CCOC(=O)C1CCN(C(=NC)NCCc2cc(F)ccc2F)CC1. The third-order valence-electron chi connectivity index (χ3n) is 4.31. The quantitative estimate of drug-likeness (QED) is 0.502. The lowest BCUT2D eigenvalue weighted by Crippen LogP contribution is -2.47. The van der Waals surface area contributed by atoms with E-state index in [1.54, 1.807) is 14.0 Å². The maximum atomic E-state index is 13.6. The largest absolute Gasteiger partial charge is 0.466 e. The van der Waals surface area contributed by atoms with Crippen LogP contribution in [0.2, 0.25) is 0 Å². The third-order valence-corrected chi connectivity index (χ3v) is 4.31. The summed E-state index contributed by atoms with van der Waals surface area (Å²) in [7, 11) is 1.68. The third kappa shape index (κ3) is 5.41. The molecule has 138 valence electrons. The van der Waals surface area contributed by atoms with E-state index in [-0.39, 0.29) is 11.9 Å². The molecule has 2 rings (SSSR count). The summed E-state index contributed by atoms with van der Waals surface area (Å²) in [5, 5.41) is 3.17. The molecule has 1 N–H and O–H groups in total. The number of likely N-dealkylation sites (tertiary alicyclic amines) is 1. The average Bonchev–Trinajstić information content (AvgIpc) is 2.62. The standard InChI is InChI=1S/C18H25F2N3O2/c1-3-25-17(24)13-7-10-23(11-8-13)18(21-2)22-9-6-14-12-15(19)4-5-16(14)20/h4-5,12-13H,3,6-11H2,1-2H3,(H,21,22). The van der Waals surface area contributed by atoms with Gasteiger partial charge in [-0.1, -0.05) is 0 Å². The molecule has 1 aromatic rings. The number of carbonyl (C=O) groups is 1. The van der Waals surface area contributed by atoms with Gasteiger partial charge in [0.2, 0.25) is 0 Å². The zero-order valence-corrected chi connectivity index (χ0v) is 14.7. The minimum absolute atomic E-state index is 0.0595. The predicted molar refractivity (Wildman–Crippen MR) is 92.4 cm³/mol. The van der Waals surface area contributed by atoms with Crippen molar-refractivity contribution in [1.82, 2.24) is 10.2 Å². The number of nitrogens with zero attached hydrogens (tertiary/aromatic N) is 2. The molecule has 1 saturated heterocycles. The maximum absolute atomic E-state index is 13.6. The number of esters is 1. The van der Waals surface area contributed by atoms with Crippen molar-refractivity contribution < 1.29 is 18.3 Å². The molecule has 1 aliphatic heterocycles. The van der Waals surface area contributed by atoms with Gasteiger partial charge in [-0.25, -0.2) is 8.78 Å². The van der Waals surface area contributed by atoms with Crippen LogP contribution in [0.4, 0.5) is 8.78 Å². The fourth-order valence-electron chi connectivity index (χ4n) is 2.96. The highest BCUT2D eigenvalue weighted by Gasteiger charge is 2.27. The van der Waals surface area contributed by atoms with Gasteiger partial charge in [0.15, 0.2) is 5.96 Å². The van der Waals surface area contributed by atoms with Gasteiger partial charge in [0, 0.05) is 26.7 Å². The summed E-state index contributed by atoms with van der Waals surface area (Å²) < 4.78 is 31.9. The second-order valence-electron chi connectivity index (χ2n) is 5.97. The van der Waals surface area contributed by atoms with Crippen LogP contribution in [0, 0.1) is 17.6 Å². The highest BCUT2D eigenvalue weighted by molar-refractivity contribution is 5.80. The first-order valence-electron chi connectivity index (χ1n) is 8.61. The van der Waals surface area contributed by atoms with Gasteiger partial charge in [0.25, 0.3) is 0 Å². The van der Waals surface area contributed by atoms with Crippen LogP contribution in [0.3, 0.4) is 0 Å². The molecule has 1 fully saturated rings. The van der Waals surface area contributed by atoms with Gasteiger partial charge in [0.05, 0.1) is 12.5 Å². The van der Waals surface area contributed by atoms with E-state index in [0.717, 1.165) is 25.0 Å². The van der Waals surface area contributed by atoms with Crippen molar-refractivity contribution in [2.45, 2.75) is 26.2 Å². The predicted octanol–water partition coefficient (Wildman–Crippen LogP) is 2.36. The molecule has 0 spiro atoms. The minimum atomic E-state index is -0.443. The summed E-state index contributed by atoms with van der Waals surface area (Å²) in [4.78, 5) is 18.1. The number of nitrogens with one attached hydrogen (secondary N) is 1. The Hall–Kier alpha value is -2.18. The highest BCUT2D eigenvalue weighted by Crippen LogP contribution is 2.18. The van der Waals surface area contributed by atoms with E-state index in [1.807, 2.05) is 0 Å². The van der Waals surface area contributed by atoms with Gasteiger partial charge in [0.1, 0.15) is 11.6 Å². The molecule has 0 saturated carbocycles. The summed E-state index contributed by atoms with van der Waals surface area (Å²) in [5.41, 5.74) is 0.337. The first-order chi connectivity index (χ1) is 12.0. The summed E-state index contributed by atoms with van der Waals surface area (Å²) >= 11 is 0. The molecule has 0 unspecified atom stereocenters. The van der Waals surface area contributed by atoms with Gasteiger partial charge >= 0.3 is 5.97 Å². The normalized spacial score (nSPS) is 16.0. The monoisotopic (exact) mass is 353 g/mol. The maximum Gasteiger partial charge on any atom is 0.309 e. The summed E-state index contributed by atoms with van der Waals surface area (Å²) in [6, 6.07) is 3.46. The molecule has 0 aromatic heterocycles. The van der Waals surface area contributed by atoms with Gasteiger partial charge < -0.3 is 15.0 Å². The van der Waals surface area contributed by atoms with E-state index >= 15 is 0 Å². The summed E-state index contributed by atoms with van der Waals surface area (Å²) in [5.74, 6) is -0.336. The Morgan fingerprint density at radius 3 is 2.72 bits per heavy atom. The molecule has 1 aliphatic rings. The van der Waals surface area contributed by atoms with Crippen LogP contribution >= 0.6 is 0 Å². The van der Waals surface area contributed by atoms with Crippen LogP contribution in [-0.2, 0) is 16.0 Å². The van der Waals surface area contributed by atoms with Crippen LogP contribution in [0.5, 0.6) is 0 Å². The molecular formula is C18H25F2N3O2. The Morgan fingerprint density at radius 2 is 2.08 bits per heavy atom. The van der Waals surface area contributed by atoms with Gasteiger partial charge in [-0.3, -0.25) is 9.79 Å². The molecule has 25 heavy (non-hydrogen) atoms. The van der Waals surface area contributed by atoms with E-state index in [1.165, 1.54) is 6.07 Å². The number of carbonyl (C=O) groups excluding carboxylic acids is 1. The Morgan fingerprint density at radius 1 is 1.36 bits per heavy atom. The van der Waals surface area contributed by atoms with Crippen molar-refractivity contribution in [3.63, 3.8) is 0 Å². The number of halogens is 2. The number of guanidine groups is 1. The first-order valence-corrected chi connectivity index (χ1v) is 8.61. The lowest BCUT2D eigenvalue weighted by atomic mass is 9.97. The van der Waals surface area contributed by atoms with Crippen LogP contribution in [-0.4, -0.2) is 50.1 Å². The molecule has 0 amide bonds. The lowest BCUT2D eigenvalue weighted by molar-refractivity contribution is -0.149. The topological polar surface area (TPSA) is 53.9 Å². The molecule has 1 aromatic carbocycles. The number of aliphatic imine (C=N–C) groups is 1. The van der Waals surface area contributed by atoms with Gasteiger partial charge in [-0.15, -0.1) is 0 Å². The average molecular weight is 353 g/mol. The molecule has 0 bridgehead atoms. The minimum Gasteiger partial charge on any atom is -0.466 e. The first kappa shape index (κ1) is 19.1. The Balaban J connectivity index is 1.81. The second kappa shape index (κ2) is 9.34.